The van der Waals surface area contributed by atoms with E-state index in [1.165, 1.54) is 17.2 Å². The molecular formula is C12H21N5OS. The fourth-order valence-electron chi connectivity index (χ4n) is 1.35. The Morgan fingerprint density at radius 1 is 1.37 bits per heavy atom. The van der Waals surface area contributed by atoms with Crippen molar-refractivity contribution in [3.8, 4) is 0 Å². The average Bonchev–Trinajstić information content (AvgIpc) is 2.45. The normalized spacial score (nSPS) is 11.4. The van der Waals surface area contributed by atoms with Crippen molar-refractivity contribution in [3.63, 3.8) is 0 Å². The van der Waals surface area contributed by atoms with E-state index in [0.29, 0.717) is 12.6 Å². The van der Waals surface area contributed by atoms with Crippen LogP contribution in [-0.4, -0.2) is 23.9 Å². The monoisotopic (exact) mass is 283 g/mol. The first-order chi connectivity index (χ1) is 9.20. The third kappa shape index (κ3) is 4.98. The van der Waals surface area contributed by atoms with Gasteiger partial charge < -0.3 is 5.84 Å². The van der Waals surface area contributed by atoms with Gasteiger partial charge in [-0.05, 0) is 18.6 Å². The largest absolute Gasteiger partial charge is 0.320 e. The van der Waals surface area contributed by atoms with Crippen molar-refractivity contribution in [2.75, 3.05) is 18.7 Å². The van der Waals surface area contributed by atoms with Gasteiger partial charge in [-0.1, -0.05) is 31.5 Å². The Morgan fingerprint density at radius 2 is 2.05 bits per heavy atom. The number of rotatable bonds is 6. The highest BCUT2D eigenvalue weighted by Crippen LogP contribution is 2.16. The van der Waals surface area contributed by atoms with Crippen molar-refractivity contribution >= 4 is 23.9 Å². The van der Waals surface area contributed by atoms with E-state index in [-0.39, 0.29) is 0 Å². The summed E-state index contributed by atoms with van der Waals surface area (Å²) >= 11 is 1.17. The first kappa shape index (κ1) is 15.6. The Balaban J connectivity index is 2.57. The molecule has 6 nitrogen and oxygen atoms in total. The lowest BCUT2D eigenvalue weighted by Gasteiger charge is -2.26. The van der Waals surface area contributed by atoms with Crippen molar-refractivity contribution in [1.82, 2.24) is 4.31 Å². The molecule has 0 spiro atoms. The van der Waals surface area contributed by atoms with Crippen LogP contribution in [0.15, 0.2) is 35.4 Å². The van der Waals surface area contributed by atoms with E-state index in [4.69, 9.17) is 15.9 Å². The molecule has 0 unspecified atom stereocenters. The number of unbranched alkanes of at least 4 members (excludes halogenated alkanes) is 1. The van der Waals surface area contributed by atoms with Crippen LogP contribution in [0.2, 0.25) is 0 Å². The van der Waals surface area contributed by atoms with Crippen LogP contribution >= 0.6 is 12.2 Å². The highest BCUT2D eigenvalue weighted by atomic mass is 32.2. The Bertz CT molecular complexity index is 387. The van der Waals surface area contributed by atoms with Gasteiger partial charge in [0.2, 0.25) is 5.96 Å². The van der Waals surface area contributed by atoms with Crippen molar-refractivity contribution in [2.45, 2.75) is 19.8 Å². The third-order valence-corrected chi connectivity index (χ3v) is 3.05. The summed E-state index contributed by atoms with van der Waals surface area (Å²) in [6.45, 7) is 2.79. The van der Waals surface area contributed by atoms with Gasteiger partial charge in [0.15, 0.2) is 0 Å². The van der Waals surface area contributed by atoms with Crippen LogP contribution in [0.3, 0.4) is 0 Å². The fraction of sp³-hybridized carbons (Fsp3) is 0.417. The molecule has 0 atom stereocenters. The number of para-hydroxylation sites is 1. The van der Waals surface area contributed by atoms with Gasteiger partial charge in [-0.2, -0.15) is 0 Å². The van der Waals surface area contributed by atoms with Crippen molar-refractivity contribution in [2.24, 2.45) is 16.8 Å². The smallest absolute Gasteiger partial charge is 0.249 e. The maximum Gasteiger partial charge on any atom is 0.249 e. The summed E-state index contributed by atoms with van der Waals surface area (Å²) in [6.07, 6.45) is 2.11. The summed E-state index contributed by atoms with van der Waals surface area (Å²) in [5, 5.41) is 5.12. The van der Waals surface area contributed by atoms with E-state index < -0.39 is 0 Å². The van der Waals surface area contributed by atoms with Gasteiger partial charge >= 0.3 is 0 Å². The second kappa shape index (κ2) is 8.63. The lowest BCUT2D eigenvalue weighted by Crippen LogP contribution is -2.45. The van der Waals surface area contributed by atoms with Crippen LogP contribution in [0.25, 0.3) is 0 Å². The first-order valence-electron chi connectivity index (χ1n) is 6.11. The highest BCUT2D eigenvalue weighted by molar-refractivity contribution is 7.92. The molecule has 106 valence electrons. The summed E-state index contributed by atoms with van der Waals surface area (Å²) in [5.41, 5.74) is 0.799. The fourth-order valence-corrected chi connectivity index (χ4v) is 1.90. The number of nitrogens with zero attached hydrogens (tertiary/aromatic N) is 3. The maximum absolute atomic E-state index is 5.99. The van der Waals surface area contributed by atoms with Gasteiger partial charge in [0, 0.05) is 7.05 Å². The van der Waals surface area contributed by atoms with E-state index >= 15 is 0 Å². The van der Waals surface area contributed by atoms with Crippen LogP contribution in [0.1, 0.15) is 19.8 Å². The molecule has 0 saturated carbocycles. The molecule has 0 bridgehead atoms. The number of nitrogens with two attached hydrogens (primary N) is 2. The van der Waals surface area contributed by atoms with Gasteiger partial charge in [-0.3, -0.25) is 8.49 Å². The van der Waals surface area contributed by atoms with E-state index in [2.05, 4.69) is 12.0 Å². The number of hydrogen-bond donors (Lipinski definition) is 2. The van der Waals surface area contributed by atoms with E-state index in [9.17, 15) is 0 Å². The second-order valence-corrected chi connectivity index (χ2v) is 4.81. The predicted octanol–water partition coefficient (Wildman–Crippen LogP) is 1.91. The number of hydrazine groups is 1. The molecule has 0 radical (unpaired) electrons. The lowest BCUT2D eigenvalue weighted by molar-refractivity contribution is 0.351. The minimum atomic E-state index is 0.410. The molecular weight excluding hydrogens is 262 g/mol. The zero-order valence-electron chi connectivity index (χ0n) is 11.3. The minimum absolute atomic E-state index is 0.410. The summed E-state index contributed by atoms with van der Waals surface area (Å²) in [5.74, 6) is 11.8. The molecule has 0 fully saturated rings. The van der Waals surface area contributed by atoms with E-state index in [1.807, 2.05) is 30.3 Å². The van der Waals surface area contributed by atoms with Gasteiger partial charge in [-0.15, -0.1) is 5.10 Å². The molecule has 0 heterocycles. The number of hydrogen-bond acceptors (Lipinski definition) is 5. The molecule has 0 aliphatic carbocycles. The number of anilines is 1. The second-order valence-electron chi connectivity index (χ2n) is 3.88. The minimum Gasteiger partial charge on any atom is -0.320 e. The molecule has 0 amide bonds. The zero-order chi connectivity index (χ0) is 14.1. The highest BCUT2D eigenvalue weighted by Gasteiger charge is 2.15. The molecule has 0 aliphatic rings. The summed E-state index contributed by atoms with van der Waals surface area (Å²) in [4.78, 5) is 0. The van der Waals surface area contributed by atoms with Gasteiger partial charge in [0.25, 0.3) is 0 Å². The topological polar surface area (TPSA) is 80.1 Å². The van der Waals surface area contributed by atoms with Crippen molar-refractivity contribution < 1.29 is 4.18 Å². The van der Waals surface area contributed by atoms with E-state index in [1.54, 1.807) is 11.4 Å². The lowest BCUT2D eigenvalue weighted by atomic mass is 10.3. The standard InChI is InChI=1S/C12H21N5OS/c1-3-4-10-18-19-16(2)12(15-13)17(14)11-8-6-5-7-9-11/h5-9H,3-4,10,13-14H2,1-2H3/b15-12-. The third-order valence-electron chi connectivity index (χ3n) is 2.39. The molecule has 0 aromatic heterocycles. The van der Waals surface area contributed by atoms with Gasteiger partial charge in [0.05, 0.1) is 12.3 Å². The molecule has 7 heteroatoms. The molecule has 0 saturated heterocycles. The van der Waals surface area contributed by atoms with Gasteiger partial charge in [-0.25, -0.2) is 10.9 Å². The summed E-state index contributed by atoms with van der Waals surface area (Å²) < 4.78 is 7.11. The molecule has 1 aromatic rings. The number of hydrazone groups is 1. The quantitative estimate of drug-likeness (QED) is 0.158. The molecule has 1 aromatic carbocycles. The number of benzene rings is 1. The Kier molecular flexibility index (Phi) is 7.09. The maximum atomic E-state index is 5.99. The van der Waals surface area contributed by atoms with Crippen molar-refractivity contribution in [3.05, 3.63) is 30.3 Å². The average molecular weight is 283 g/mol. The van der Waals surface area contributed by atoms with Crippen LogP contribution in [-0.2, 0) is 4.18 Å². The zero-order valence-corrected chi connectivity index (χ0v) is 12.1. The summed E-state index contributed by atoms with van der Waals surface area (Å²) in [6, 6.07) is 9.47. The Hall–Kier alpha value is -1.44. The first-order valence-corrected chi connectivity index (χ1v) is 6.81. The van der Waals surface area contributed by atoms with Crippen LogP contribution in [0, 0.1) is 0 Å². The van der Waals surface area contributed by atoms with Crippen molar-refractivity contribution in [1.29, 1.82) is 0 Å². The summed E-state index contributed by atoms with van der Waals surface area (Å²) in [7, 11) is 1.80. The molecule has 1 rings (SSSR count). The van der Waals surface area contributed by atoms with Gasteiger partial charge in [0.1, 0.15) is 12.2 Å². The van der Waals surface area contributed by atoms with Crippen LogP contribution < -0.4 is 16.7 Å². The van der Waals surface area contributed by atoms with Crippen LogP contribution in [0.5, 0.6) is 0 Å². The SMILES string of the molecule is CCCCOSN(C)/C(=N/N)N(N)c1ccccc1. The Labute approximate surface area is 118 Å². The van der Waals surface area contributed by atoms with Crippen LogP contribution in [0.4, 0.5) is 5.69 Å². The predicted molar refractivity (Wildman–Crippen MR) is 80.9 cm³/mol. The molecule has 19 heavy (non-hydrogen) atoms. The molecule has 4 N–H and O–H groups in total. The number of guanidine groups is 1. The molecule has 0 aliphatic heterocycles. The van der Waals surface area contributed by atoms with E-state index in [0.717, 1.165) is 18.5 Å². The Morgan fingerprint density at radius 3 is 2.63 bits per heavy atom.